The van der Waals surface area contributed by atoms with Crippen LogP contribution in [0.25, 0.3) is 115 Å². The molecule has 9 aromatic carbocycles. The van der Waals surface area contributed by atoms with Crippen molar-refractivity contribution >= 4 is 53.4 Å². The summed E-state index contributed by atoms with van der Waals surface area (Å²) in [5.41, 5.74) is 18.4. The Morgan fingerprint density at radius 2 is 0.774 bits per heavy atom. The molecule has 0 spiro atoms. The Balaban J connectivity index is 0.974. The van der Waals surface area contributed by atoms with Gasteiger partial charge in [0.05, 0.1) is 26.9 Å². The van der Waals surface area contributed by atoms with Gasteiger partial charge in [-0.05, 0) is 104 Å². The molecule has 0 N–H and O–H groups in total. The zero-order chi connectivity index (χ0) is 41.0. The molecule has 12 aromatic rings. The molecule has 3 aromatic heterocycles. The fourth-order valence-corrected chi connectivity index (χ4v) is 10.2. The predicted molar refractivity (Wildman–Crippen MR) is 262 cm³/mol. The number of rotatable bonds is 7. The van der Waals surface area contributed by atoms with Gasteiger partial charge < -0.3 is 4.57 Å². The topological polar surface area (TPSA) is 30.7 Å². The summed E-state index contributed by atoms with van der Waals surface area (Å²) >= 11 is 1.76. The SMILES string of the molecule is c1ccc(-c2ccc(-c3ccc4c(c3)c3cc(-c5ccc(-c6ccccc6)cc5)ccc3n4-c3cccc(-c4cccc(-c5ncnc6c5sc5ccccc56)c4)c3)cc2)cc1. The summed E-state index contributed by atoms with van der Waals surface area (Å²) in [6.45, 7) is 0. The highest BCUT2D eigenvalue weighted by atomic mass is 32.1. The van der Waals surface area contributed by atoms with E-state index in [2.05, 4.69) is 223 Å². The first-order chi connectivity index (χ1) is 30.7. The van der Waals surface area contributed by atoms with Crippen molar-refractivity contribution in [3.05, 3.63) is 225 Å². The number of aromatic nitrogens is 3. The normalized spacial score (nSPS) is 11.5. The first-order valence-electron chi connectivity index (χ1n) is 21.0. The fourth-order valence-electron chi connectivity index (χ4n) is 9.03. The minimum Gasteiger partial charge on any atom is -0.309 e. The Labute approximate surface area is 363 Å². The largest absolute Gasteiger partial charge is 0.309 e. The molecule has 0 unspecified atom stereocenters. The summed E-state index contributed by atoms with van der Waals surface area (Å²) < 4.78 is 4.76. The van der Waals surface area contributed by atoms with Crippen LogP contribution in [0.4, 0.5) is 0 Å². The fraction of sp³-hybridized carbons (Fsp3) is 0. The molecule has 0 saturated heterocycles. The molecule has 290 valence electrons. The first kappa shape index (κ1) is 36.0. The molecular weight excluding hydrogens is 771 g/mol. The molecule has 0 aliphatic carbocycles. The van der Waals surface area contributed by atoms with Gasteiger partial charge in [0.1, 0.15) is 6.33 Å². The number of nitrogens with zero attached hydrogens (tertiary/aromatic N) is 3. The van der Waals surface area contributed by atoms with Crippen LogP contribution < -0.4 is 0 Å². The van der Waals surface area contributed by atoms with Crippen molar-refractivity contribution in [1.82, 2.24) is 14.5 Å². The molecule has 0 aliphatic heterocycles. The van der Waals surface area contributed by atoms with Crippen LogP contribution in [0.15, 0.2) is 225 Å². The lowest BCUT2D eigenvalue weighted by molar-refractivity contribution is 1.18. The Kier molecular flexibility index (Phi) is 8.68. The van der Waals surface area contributed by atoms with E-state index in [1.54, 1.807) is 17.7 Å². The molecule has 0 aliphatic rings. The second-order valence-electron chi connectivity index (χ2n) is 15.8. The lowest BCUT2D eigenvalue weighted by Gasteiger charge is -2.12. The Bertz CT molecular complexity index is 3460. The molecule has 0 atom stereocenters. The van der Waals surface area contributed by atoms with E-state index in [-0.39, 0.29) is 0 Å². The van der Waals surface area contributed by atoms with Crippen LogP contribution in [0, 0.1) is 0 Å². The molecule has 3 heterocycles. The highest BCUT2D eigenvalue weighted by molar-refractivity contribution is 7.26. The second-order valence-corrected chi connectivity index (χ2v) is 16.9. The predicted octanol–water partition coefficient (Wildman–Crippen LogP) is 15.9. The summed E-state index contributed by atoms with van der Waals surface area (Å²) in [6, 6.07) is 79.1. The van der Waals surface area contributed by atoms with Crippen molar-refractivity contribution in [3.63, 3.8) is 0 Å². The van der Waals surface area contributed by atoms with Crippen LogP contribution in [0.1, 0.15) is 0 Å². The first-order valence-corrected chi connectivity index (χ1v) is 21.8. The van der Waals surface area contributed by atoms with Gasteiger partial charge in [-0.25, -0.2) is 9.97 Å². The summed E-state index contributed by atoms with van der Waals surface area (Å²) in [7, 11) is 0. The van der Waals surface area contributed by atoms with E-state index in [1.807, 2.05) is 0 Å². The molecule has 62 heavy (non-hydrogen) atoms. The summed E-state index contributed by atoms with van der Waals surface area (Å²) in [5.74, 6) is 0. The van der Waals surface area contributed by atoms with Crippen LogP contribution in [-0.4, -0.2) is 14.5 Å². The van der Waals surface area contributed by atoms with Gasteiger partial charge in [0.15, 0.2) is 0 Å². The third-order valence-electron chi connectivity index (χ3n) is 12.1. The molecule has 4 heteroatoms. The van der Waals surface area contributed by atoms with Gasteiger partial charge in [-0.2, -0.15) is 0 Å². The molecule has 0 bridgehead atoms. The zero-order valence-corrected chi connectivity index (χ0v) is 34.4. The molecule has 0 fully saturated rings. The summed E-state index contributed by atoms with van der Waals surface area (Å²) in [5, 5.41) is 3.61. The van der Waals surface area contributed by atoms with E-state index in [0.717, 1.165) is 38.3 Å². The van der Waals surface area contributed by atoms with Gasteiger partial charge in [0, 0.05) is 32.1 Å². The van der Waals surface area contributed by atoms with E-state index >= 15 is 0 Å². The maximum absolute atomic E-state index is 4.82. The average Bonchev–Trinajstić information content (AvgIpc) is 3.90. The van der Waals surface area contributed by atoms with Gasteiger partial charge in [0.25, 0.3) is 0 Å². The van der Waals surface area contributed by atoms with Gasteiger partial charge in [-0.3, -0.25) is 0 Å². The maximum atomic E-state index is 4.82. The third-order valence-corrected chi connectivity index (χ3v) is 13.3. The monoisotopic (exact) mass is 807 g/mol. The van der Waals surface area contributed by atoms with Crippen molar-refractivity contribution in [2.75, 3.05) is 0 Å². The standard InChI is InChI=1S/C58H37N3S/c1-3-11-38(12-4-1)40-21-25-42(26-22-40)46-29-31-53-51(35-46)52-36-47(43-27-23-41(24-28-43)39-13-5-2-6-14-39)30-32-54(52)61(53)49-18-10-16-45(34-49)44-15-9-17-48(33-44)56-58-57(60-37-59-56)50-19-7-8-20-55(50)62-58/h1-37H. The van der Waals surface area contributed by atoms with Crippen LogP contribution >= 0.6 is 11.3 Å². The molecular formula is C58H37N3S. The zero-order valence-electron chi connectivity index (χ0n) is 33.6. The van der Waals surface area contributed by atoms with Gasteiger partial charge in [-0.1, -0.05) is 170 Å². The number of benzene rings is 9. The van der Waals surface area contributed by atoms with Crippen LogP contribution in [0.3, 0.4) is 0 Å². The van der Waals surface area contributed by atoms with E-state index in [0.29, 0.717) is 0 Å². The van der Waals surface area contributed by atoms with Crippen LogP contribution in [-0.2, 0) is 0 Å². The Hall–Kier alpha value is -7.92. The van der Waals surface area contributed by atoms with Crippen molar-refractivity contribution in [3.8, 4) is 72.6 Å². The average molecular weight is 808 g/mol. The van der Waals surface area contributed by atoms with Gasteiger partial charge in [-0.15, -0.1) is 11.3 Å². The van der Waals surface area contributed by atoms with Gasteiger partial charge in [0.2, 0.25) is 0 Å². The second kappa shape index (κ2) is 15.0. The van der Waals surface area contributed by atoms with Crippen LogP contribution in [0.2, 0.25) is 0 Å². The number of thiophene rings is 1. The minimum atomic E-state index is 0.965. The van der Waals surface area contributed by atoms with Crippen molar-refractivity contribution < 1.29 is 0 Å². The third kappa shape index (κ3) is 6.28. The smallest absolute Gasteiger partial charge is 0.116 e. The molecule has 0 saturated carbocycles. The number of fused-ring (bicyclic) bond motifs is 6. The van der Waals surface area contributed by atoms with E-state index in [4.69, 9.17) is 9.97 Å². The van der Waals surface area contributed by atoms with Crippen molar-refractivity contribution in [2.24, 2.45) is 0 Å². The van der Waals surface area contributed by atoms with E-state index in [9.17, 15) is 0 Å². The minimum absolute atomic E-state index is 0.965. The highest BCUT2D eigenvalue weighted by Gasteiger charge is 2.17. The maximum Gasteiger partial charge on any atom is 0.116 e. The van der Waals surface area contributed by atoms with Crippen LogP contribution in [0.5, 0.6) is 0 Å². The lowest BCUT2D eigenvalue weighted by Crippen LogP contribution is -1.94. The summed E-state index contributed by atoms with van der Waals surface area (Å²) in [6.07, 6.45) is 1.70. The Morgan fingerprint density at radius 1 is 0.323 bits per heavy atom. The lowest BCUT2D eigenvalue weighted by atomic mass is 9.97. The summed E-state index contributed by atoms with van der Waals surface area (Å²) in [4.78, 5) is 9.52. The number of hydrogen-bond donors (Lipinski definition) is 0. The quantitative estimate of drug-likeness (QED) is 0.161. The van der Waals surface area contributed by atoms with E-state index in [1.165, 1.54) is 76.4 Å². The Morgan fingerprint density at radius 3 is 1.39 bits per heavy atom. The molecule has 3 nitrogen and oxygen atoms in total. The van der Waals surface area contributed by atoms with E-state index < -0.39 is 0 Å². The van der Waals surface area contributed by atoms with Crippen molar-refractivity contribution in [2.45, 2.75) is 0 Å². The molecule has 0 amide bonds. The highest BCUT2D eigenvalue weighted by Crippen LogP contribution is 2.41. The number of hydrogen-bond acceptors (Lipinski definition) is 3. The molecule has 12 rings (SSSR count). The van der Waals surface area contributed by atoms with Gasteiger partial charge >= 0.3 is 0 Å². The molecule has 0 radical (unpaired) electrons. The van der Waals surface area contributed by atoms with Crippen molar-refractivity contribution in [1.29, 1.82) is 0 Å².